The van der Waals surface area contributed by atoms with Crippen molar-refractivity contribution in [1.29, 1.82) is 0 Å². The molecule has 0 spiro atoms. The Labute approximate surface area is 86.5 Å². The molecule has 82 valence electrons. The van der Waals surface area contributed by atoms with Crippen LogP contribution in [0.2, 0.25) is 0 Å². The molecule has 1 aromatic rings. The van der Waals surface area contributed by atoms with Crippen molar-refractivity contribution >= 4 is 0 Å². The van der Waals surface area contributed by atoms with Crippen molar-refractivity contribution in [1.82, 2.24) is 20.6 Å². The third-order valence-electron chi connectivity index (χ3n) is 1.82. The molecule has 4 nitrogen and oxygen atoms in total. The van der Waals surface area contributed by atoms with E-state index in [1.54, 1.807) is 0 Å². The van der Waals surface area contributed by atoms with E-state index < -0.39 is 0 Å². The normalized spacial score (nSPS) is 9.79. The van der Waals surface area contributed by atoms with Crippen molar-refractivity contribution in [2.75, 3.05) is 0 Å². The summed E-state index contributed by atoms with van der Waals surface area (Å²) in [6.07, 6.45) is 4.66. The van der Waals surface area contributed by atoms with Crippen molar-refractivity contribution < 1.29 is 0 Å². The Morgan fingerprint density at radius 2 is 1.93 bits per heavy atom. The third kappa shape index (κ3) is 6.57. The number of aromatic amines is 1. The van der Waals surface area contributed by atoms with Gasteiger partial charge in [-0.2, -0.15) is 5.21 Å². The molecule has 1 heterocycles. The van der Waals surface area contributed by atoms with Gasteiger partial charge in [0.2, 0.25) is 0 Å². The highest BCUT2D eigenvalue weighted by Crippen LogP contribution is 2.07. The fourth-order valence-electron chi connectivity index (χ4n) is 1.12. The summed E-state index contributed by atoms with van der Waals surface area (Å²) < 4.78 is 0. The molecule has 0 aliphatic carbocycles. The number of hydrogen-bond acceptors (Lipinski definition) is 3. The molecule has 1 aromatic heterocycles. The van der Waals surface area contributed by atoms with E-state index in [0.29, 0.717) is 0 Å². The average Bonchev–Trinajstić information content (AvgIpc) is 2.68. The van der Waals surface area contributed by atoms with Gasteiger partial charge in [0.05, 0.1) is 0 Å². The Hall–Kier alpha value is -0.930. The predicted octanol–water partition coefficient (Wildman–Crippen LogP) is 2.59. The SMILES string of the molecule is CC.CC(C)CCCCc1nn[nH]n1. The summed E-state index contributed by atoms with van der Waals surface area (Å²) >= 11 is 0. The minimum absolute atomic E-state index is 0.801. The maximum absolute atomic E-state index is 3.89. The largest absolute Gasteiger partial charge is 0.177 e. The second-order valence-electron chi connectivity index (χ2n) is 3.47. The first-order valence-electron chi connectivity index (χ1n) is 5.51. The molecule has 1 rings (SSSR count). The zero-order valence-electron chi connectivity index (χ0n) is 9.75. The van der Waals surface area contributed by atoms with Crippen molar-refractivity contribution in [2.24, 2.45) is 5.92 Å². The van der Waals surface area contributed by atoms with E-state index in [2.05, 4.69) is 34.5 Å². The van der Waals surface area contributed by atoms with Gasteiger partial charge in [0.25, 0.3) is 0 Å². The number of H-pyrrole nitrogens is 1. The molecule has 4 heteroatoms. The van der Waals surface area contributed by atoms with Gasteiger partial charge in [-0.1, -0.05) is 45.7 Å². The van der Waals surface area contributed by atoms with Crippen LogP contribution in [0.1, 0.15) is 52.8 Å². The van der Waals surface area contributed by atoms with E-state index >= 15 is 0 Å². The number of aryl methyl sites for hydroxylation is 1. The fraction of sp³-hybridized carbons (Fsp3) is 0.900. The molecule has 0 saturated heterocycles. The molecule has 0 radical (unpaired) electrons. The zero-order chi connectivity index (χ0) is 10.8. The van der Waals surface area contributed by atoms with Crippen LogP contribution in [-0.4, -0.2) is 20.6 Å². The number of aromatic nitrogens is 4. The predicted molar refractivity (Wildman–Crippen MR) is 57.9 cm³/mol. The number of hydrogen-bond donors (Lipinski definition) is 1. The number of unbranched alkanes of at least 4 members (excludes halogenated alkanes) is 1. The number of rotatable bonds is 5. The van der Waals surface area contributed by atoms with Crippen molar-refractivity contribution in [2.45, 2.75) is 53.4 Å². The summed E-state index contributed by atoms with van der Waals surface area (Å²) in [6.45, 7) is 8.49. The highest BCUT2D eigenvalue weighted by molar-refractivity contribution is 4.75. The van der Waals surface area contributed by atoms with Crippen LogP contribution in [0.3, 0.4) is 0 Å². The van der Waals surface area contributed by atoms with Gasteiger partial charge in [-0.05, 0) is 12.3 Å². The molecule has 0 saturated carbocycles. The van der Waals surface area contributed by atoms with Crippen LogP contribution in [0.4, 0.5) is 0 Å². The molecular weight excluding hydrogens is 176 g/mol. The molecule has 0 aromatic carbocycles. The zero-order valence-corrected chi connectivity index (χ0v) is 9.75. The van der Waals surface area contributed by atoms with E-state index in [4.69, 9.17) is 0 Å². The van der Waals surface area contributed by atoms with Crippen molar-refractivity contribution in [3.8, 4) is 0 Å². The highest BCUT2D eigenvalue weighted by atomic mass is 15.5. The molecule has 14 heavy (non-hydrogen) atoms. The van der Waals surface area contributed by atoms with Crippen molar-refractivity contribution in [3.63, 3.8) is 0 Å². The fourth-order valence-corrected chi connectivity index (χ4v) is 1.12. The van der Waals surface area contributed by atoms with Crippen LogP contribution in [0.5, 0.6) is 0 Å². The van der Waals surface area contributed by atoms with E-state index in [-0.39, 0.29) is 0 Å². The molecule has 0 unspecified atom stereocenters. The standard InChI is InChI=1S/C8H16N4.C2H6/c1-7(2)5-3-4-6-8-9-11-12-10-8;1-2/h7H,3-6H2,1-2H3,(H,9,10,11,12);1-2H3. The van der Waals surface area contributed by atoms with E-state index in [0.717, 1.165) is 24.6 Å². The lowest BCUT2D eigenvalue weighted by Crippen LogP contribution is -1.91. The Kier molecular flexibility index (Phi) is 8.08. The molecule has 0 bridgehead atoms. The Balaban J connectivity index is 0.000000791. The Morgan fingerprint density at radius 1 is 1.21 bits per heavy atom. The molecule has 0 atom stereocenters. The monoisotopic (exact) mass is 198 g/mol. The van der Waals surface area contributed by atoms with Crippen LogP contribution in [-0.2, 0) is 6.42 Å². The Bertz CT molecular complexity index is 194. The van der Waals surface area contributed by atoms with Gasteiger partial charge in [0, 0.05) is 6.42 Å². The highest BCUT2D eigenvalue weighted by Gasteiger charge is 1.98. The molecule has 0 fully saturated rings. The lowest BCUT2D eigenvalue weighted by molar-refractivity contribution is 0.534. The lowest BCUT2D eigenvalue weighted by atomic mass is 10.1. The van der Waals surface area contributed by atoms with Gasteiger partial charge in [-0.15, -0.1) is 10.2 Å². The molecule has 0 amide bonds. The third-order valence-corrected chi connectivity index (χ3v) is 1.82. The van der Waals surface area contributed by atoms with Crippen LogP contribution >= 0.6 is 0 Å². The van der Waals surface area contributed by atoms with Gasteiger partial charge in [-0.25, -0.2) is 0 Å². The maximum Gasteiger partial charge on any atom is 0.174 e. The summed E-state index contributed by atoms with van der Waals surface area (Å²) in [5.74, 6) is 1.63. The molecular formula is C10H22N4. The topological polar surface area (TPSA) is 54.5 Å². The van der Waals surface area contributed by atoms with Gasteiger partial charge in [0.15, 0.2) is 5.82 Å². The quantitative estimate of drug-likeness (QED) is 0.740. The first kappa shape index (κ1) is 13.1. The van der Waals surface area contributed by atoms with Crippen LogP contribution in [0, 0.1) is 5.92 Å². The van der Waals surface area contributed by atoms with Crippen LogP contribution in [0.15, 0.2) is 0 Å². The van der Waals surface area contributed by atoms with Gasteiger partial charge in [-0.3, -0.25) is 0 Å². The van der Waals surface area contributed by atoms with E-state index in [1.807, 2.05) is 13.8 Å². The van der Waals surface area contributed by atoms with Crippen LogP contribution < -0.4 is 0 Å². The minimum atomic E-state index is 0.801. The first-order valence-corrected chi connectivity index (χ1v) is 5.51. The second kappa shape index (κ2) is 8.66. The van der Waals surface area contributed by atoms with Gasteiger partial charge >= 0.3 is 0 Å². The number of tetrazole rings is 1. The average molecular weight is 198 g/mol. The molecule has 0 aliphatic rings. The maximum atomic E-state index is 3.89. The first-order chi connectivity index (χ1) is 6.79. The van der Waals surface area contributed by atoms with Gasteiger partial charge in [0.1, 0.15) is 0 Å². The summed E-state index contributed by atoms with van der Waals surface area (Å²) in [5, 5.41) is 13.7. The number of nitrogens with zero attached hydrogens (tertiary/aromatic N) is 3. The molecule has 1 N–H and O–H groups in total. The van der Waals surface area contributed by atoms with E-state index in [9.17, 15) is 0 Å². The van der Waals surface area contributed by atoms with E-state index in [1.165, 1.54) is 12.8 Å². The summed E-state index contributed by atoms with van der Waals surface area (Å²) in [7, 11) is 0. The number of nitrogens with one attached hydrogen (secondary N) is 1. The lowest BCUT2D eigenvalue weighted by Gasteiger charge is -2.01. The van der Waals surface area contributed by atoms with Gasteiger partial charge < -0.3 is 0 Å². The summed E-state index contributed by atoms with van der Waals surface area (Å²) in [5.41, 5.74) is 0. The smallest absolute Gasteiger partial charge is 0.174 e. The van der Waals surface area contributed by atoms with Crippen LogP contribution in [0.25, 0.3) is 0 Å². The second-order valence-corrected chi connectivity index (χ2v) is 3.47. The van der Waals surface area contributed by atoms with Crippen molar-refractivity contribution in [3.05, 3.63) is 5.82 Å². The Morgan fingerprint density at radius 3 is 2.43 bits per heavy atom. The summed E-state index contributed by atoms with van der Waals surface area (Å²) in [6, 6.07) is 0. The minimum Gasteiger partial charge on any atom is -0.177 e. The molecule has 0 aliphatic heterocycles. The summed E-state index contributed by atoms with van der Waals surface area (Å²) in [4.78, 5) is 0.